The van der Waals surface area contributed by atoms with Gasteiger partial charge in [-0.2, -0.15) is 0 Å². The van der Waals surface area contributed by atoms with Crippen LogP contribution < -0.4 is 5.32 Å². The second kappa shape index (κ2) is 10.1. The molecule has 0 unspecified atom stereocenters. The van der Waals surface area contributed by atoms with E-state index >= 15 is 0 Å². The number of hydrogen-bond donors (Lipinski definition) is 1. The normalized spacial score (nSPS) is 19.1. The zero-order valence-corrected chi connectivity index (χ0v) is 19.2. The van der Waals surface area contributed by atoms with Crippen molar-refractivity contribution >= 4 is 5.91 Å². The molecule has 1 saturated heterocycles. The van der Waals surface area contributed by atoms with Crippen LogP contribution in [0, 0.1) is 25.7 Å². The molecule has 4 rings (SSSR count). The molecule has 0 bridgehead atoms. The maximum Gasteiger partial charge on any atom is 0.226 e. The third-order valence-electron chi connectivity index (χ3n) is 6.24. The van der Waals surface area contributed by atoms with Gasteiger partial charge in [0.05, 0.1) is 23.9 Å². The van der Waals surface area contributed by atoms with Crippen molar-refractivity contribution in [1.29, 1.82) is 0 Å². The summed E-state index contributed by atoms with van der Waals surface area (Å²) in [5.41, 5.74) is 3.78. The quantitative estimate of drug-likeness (QED) is 0.594. The van der Waals surface area contributed by atoms with Crippen molar-refractivity contribution in [2.45, 2.75) is 46.7 Å². The molecule has 1 aliphatic rings. The summed E-state index contributed by atoms with van der Waals surface area (Å²) < 4.78 is 5.94. The van der Waals surface area contributed by atoms with Gasteiger partial charge < -0.3 is 9.73 Å². The van der Waals surface area contributed by atoms with E-state index in [1.807, 2.05) is 62.4 Å². The van der Waals surface area contributed by atoms with Crippen molar-refractivity contribution in [3.05, 3.63) is 71.4 Å². The van der Waals surface area contributed by atoms with E-state index in [0.29, 0.717) is 24.9 Å². The number of amides is 1. The van der Waals surface area contributed by atoms with Gasteiger partial charge in [-0.15, -0.1) is 0 Å². The van der Waals surface area contributed by atoms with Crippen LogP contribution in [-0.4, -0.2) is 33.9 Å². The van der Waals surface area contributed by atoms with Gasteiger partial charge in [0.1, 0.15) is 5.76 Å². The van der Waals surface area contributed by atoms with Gasteiger partial charge >= 0.3 is 0 Å². The lowest BCUT2D eigenvalue weighted by atomic mass is 9.87. The molecule has 0 radical (unpaired) electrons. The summed E-state index contributed by atoms with van der Waals surface area (Å²) in [5, 5.41) is 3.10. The first kappa shape index (κ1) is 22.2. The van der Waals surface area contributed by atoms with Crippen molar-refractivity contribution in [1.82, 2.24) is 20.2 Å². The van der Waals surface area contributed by atoms with Crippen LogP contribution in [-0.2, 0) is 17.9 Å². The van der Waals surface area contributed by atoms with Gasteiger partial charge in [-0.1, -0.05) is 37.6 Å². The highest BCUT2D eigenvalue weighted by Gasteiger charge is 2.31. The van der Waals surface area contributed by atoms with E-state index in [-0.39, 0.29) is 11.8 Å². The van der Waals surface area contributed by atoms with Gasteiger partial charge in [-0.05, 0) is 50.5 Å². The molecule has 1 amide bonds. The average molecular weight is 433 g/mol. The number of rotatable bonds is 7. The minimum absolute atomic E-state index is 0.0284. The number of hydrogen-bond acceptors (Lipinski definition) is 5. The molecule has 1 aromatic carbocycles. The Balaban J connectivity index is 1.41. The third kappa shape index (κ3) is 5.43. The standard InChI is InChI=1S/C26H32N4O2/c1-4-20-13-22(25(31)27-14-23-12-8-9-18(2)28-23)16-30(15-20)17-24-19(3)32-26(29-24)21-10-6-5-7-11-21/h5-12,20,22H,4,13-17H2,1-3H3,(H,27,31)/t20-,22+/m0/s1. The van der Waals surface area contributed by atoms with Crippen LogP contribution in [0.25, 0.3) is 11.5 Å². The Morgan fingerprint density at radius 2 is 1.91 bits per heavy atom. The molecular weight excluding hydrogens is 400 g/mol. The first-order chi connectivity index (χ1) is 15.5. The van der Waals surface area contributed by atoms with E-state index in [0.717, 1.165) is 54.3 Å². The Morgan fingerprint density at radius 1 is 1.09 bits per heavy atom. The fourth-order valence-corrected chi connectivity index (χ4v) is 4.43. The molecule has 3 heterocycles. The number of nitrogens with one attached hydrogen (secondary N) is 1. The molecule has 6 nitrogen and oxygen atoms in total. The summed E-state index contributed by atoms with van der Waals surface area (Å²) in [6, 6.07) is 15.9. The van der Waals surface area contributed by atoms with Crippen molar-refractivity contribution in [3.63, 3.8) is 0 Å². The fourth-order valence-electron chi connectivity index (χ4n) is 4.43. The molecule has 1 fully saturated rings. The van der Waals surface area contributed by atoms with Gasteiger partial charge in [-0.3, -0.25) is 14.7 Å². The molecular formula is C26H32N4O2. The summed E-state index contributed by atoms with van der Waals surface area (Å²) in [5.74, 6) is 2.08. The average Bonchev–Trinajstić information content (AvgIpc) is 3.18. The zero-order chi connectivity index (χ0) is 22.5. The second-order valence-electron chi connectivity index (χ2n) is 8.78. The van der Waals surface area contributed by atoms with E-state index < -0.39 is 0 Å². The smallest absolute Gasteiger partial charge is 0.226 e. The highest BCUT2D eigenvalue weighted by molar-refractivity contribution is 5.79. The lowest BCUT2D eigenvalue weighted by Crippen LogP contribution is -2.46. The van der Waals surface area contributed by atoms with Crippen molar-refractivity contribution in [3.8, 4) is 11.5 Å². The van der Waals surface area contributed by atoms with Gasteiger partial charge in [0, 0.05) is 30.9 Å². The molecule has 3 aromatic rings. The first-order valence-corrected chi connectivity index (χ1v) is 11.5. The number of piperidine rings is 1. The van der Waals surface area contributed by atoms with Crippen LogP contribution in [0.2, 0.25) is 0 Å². The van der Waals surface area contributed by atoms with Gasteiger partial charge in [-0.25, -0.2) is 4.98 Å². The molecule has 2 aromatic heterocycles. The van der Waals surface area contributed by atoms with Crippen LogP contribution in [0.5, 0.6) is 0 Å². The molecule has 1 N–H and O–H groups in total. The molecule has 1 aliphatic heterocycles. The van der Waals surface area contributed by atoms with E-state index in [9.17, 15) is 4.79 Å². The lowest BCUT2D eigenvalue weighted by molar-refractivity contribution is -0.127. The van der Waals surface area contributed by atoms with E-state index in [2.05, 4.69) is 22.1 Å². The zero-order valence-electron chi connectivity index (χ0n) is 19.2. The second-order valence-corrected chi connectivity index (χ2v) is 8.78. The third-order valence-corrected chi connectivity index (χ3v) is 6.24. The van der Waals surface area contributed by atoms with Crippen LogP contribution in [0.15, 0.2) is 52.9 Å². The summed E-state index contributed by atoms with van der Waals surface area (Å²) in [6.07, 6.45) is 1.99. The number of likely N-dealkylation sites (tertiary alicyclic amines) is 1. The van der Waals surface area contributed by atoms with Gasteiger partial charge in [0.15, 0.2) is 0 Å². The van der Waals surface area contributed by atoms with E-state index in [1.165, 1.54) is 0 Å². The highest BCUT2D eigenvalue weighted by atomic mass is 16.4. The summed E-state index contributed by atoms with van der Waals surface area (Å²) in [4.78, 5) is 24.6. The highest BCUT2D eigenvalue weighted by Crippen LogP contribution is 2.28. The monoisotopic (exact) mass is 432 g/mol. The van der Waals surface area contributed by atoms with E-state index in [4.69, 9.17) is 9.40 Å². The SMILES string of the molecule is CC[C@H]1C[C@@H](C(=O)NCc2cccc(C)n2)CN(Cc2nc(-c3ccccc3)oc2C)C1. The predicted octanol–water partition coefficient (Wildman–Crippen LogP) is 4.52. The largest absolute Gasteiger partial charge is 0.441 e. The Labute approximate surface area is 190 Å². The Bertz CT molecular complexity index is 1050. The molecule has 168 valence electrons. The van der Waals surface area contributed by atoms with Crippen LogP contribution in [0.4, 0.5) is 0 Å². The number of nitrogens with zero attached hydrogens (tertiary/aromatic N) is 3. The Hall–Kier alpha value is -2.99. The maximum atomic E-state index is 13.0. The number of aryl methyl sites for hydroxylation is 2. The Morgan fingerprint density at radius 3 is 2.66 bits per heavy atom. The molecule has 32 heavy (non-hydrogen) atoms. The van der Waals surface area contributed by atoms with Crippen molar-refractivity contribution in [2.24, 2.45) is 11.8 Å². The number of carbonyl (C=O) groups is 1. The number of benzene rings is 1. The molecule has 6 heteroatoms. The van der Waals surface area contributed by atoms with Crippen LogP contribution in [0.3, 0.4) is 0 Å². The predicted molar refractivity (Wildman–Crippen MR) is 125 cm³/mol. The minimum Gasteiger partial charge on any atom is -0.441 e. The summed E-state index contributed by atoms with van der Waals surface area (Å²) >= 11 is 0. The molecule has 0 spiro atoms. The fraction of sp³-hybridized carbons (Fsp3) is 0.423. The van der Waals surface area contributed by atoms with Crippen LogP contribution >= 0.6 is 0 Å². The Kier molecular flexibility index (Phi) is 7.00. The van der Waals surface area contributed by atoms with Crippen molar-refractivity contribution < 1.29 is 9.21 Å². The van der Waals surface area contributed by atoms with E-state index in [1.54, 1.807) is 0 Å². The van der Waals surface area contributed by atoms with Gasteiger partial charge in [0.25, 0.3) is 0 Å². The molecule has 2 atom stereocenters. The number of pyridine rings is 1. The lowest BCUT2D eigenvalue weighted by Gasteiger charge is -2.36. The molecule has 0 aliphatic carbocycles. The topological polar surface area (TPSA) is 71.3 Å². The summed E-state index contributed by atoms with van der Waals surface area (Å²) in [6.45, 7) is 9.01. The number of oxazole rings is 1. The van der Waals surface area contributed by atoms with Crippen LogP contribution in [0.1, 0.15) is 42.6 Å². The maximum absolute atomic E-state index is 13.0. The summed E-state index contributed by atoms with van der Waals surface area (Å²) in [7, 11) is 0. The minimum atomic E-state index is -0.0284. The number of aromatic nitrogens is 2. The number of carbonyl (C=O) groups excluding carboxylic acids is 1. The molecule has 0 saturated carbocycles. The van der Waals surface area contributed by atoms with Gasteiger partial charge in [0.2, 0.25) is 11.8 Å². The van der Waals surface area contributed by atoms with Crippen molar-refractivity contribution in [2.75, 3.05) is 13.1 Å². The first-order valence-electron chi connectivity index (χ1n) is 11.5.